The summed E-state index contributed by atoms with van der Waals surface area (Å²) in [5, 5.41) is 6.32. The third-order valence-electron chi connectivity index (χ3n) is 3.15. The first-order chi connectivity index (χ1) is 9.03. The van der Waals surface area contributed by atoms with Crippen molar-refractivity contribution in [1.82, 2.24) is 5.32 Å². The van der Waals surface area contributed by atoms with Crippen molar-refractivity contribution in [3.05, 3.63) is 36.5 Å². The highest BCUT2D eigenvalue weighted by molar-refractivity contribution is 7.98. The zero-order valence-corrected chi connectivity index (χ0v) is 12.3. The molecule has 0 spiro atoms. The van der Waals surface area contributed by atoms with Gasteiger partial charge >= 0.3 is 0 Å². The van der Waals surface area contributed by atoms with E-state index in [4.69, 9.17) is 5.73 Å². The van der Waals surface area contributed by atoms with Gasteiger partial charge < -0.3 is 16.4 Å². The molecule has 1 aromatic rings. The summed E-state index contributed by atoms with van der Waals surface area (Å²) in [6, 6.07) is 8.21. The second-order valence-electron chi connectivity index (χ2n) is 4.83. The summed E-state index contributed by atoms with van der Waals surface area (Å²) in [6.45, 7) is 4.12. The van der Waals surface area contributed by atoms with Gasteiger partial charge in [-0.25, -0.2) is 4.99 Å². The van der Waals surface area contributed by atoms with Crippen LogP contribution in [-0.2, 0) is 0 Å². The Morgan fingerprint density at radius 1 is 1.32 bits per heavy atom. The zero-order valence-electron chi connectivity index (χ0n) is 11.5. The van der Waals surface area contributed by atoms with Crippen LogP contribution >= 0.6 is 11.8 Å². The molecule has 1 atom stereocenters. The number of nitrogens with two attached hydrogens (primary N) is 1. The molecule has 4 nitrogen and oxygen atoms in total. The number of benzene rings is 1. The summed E-state index contributed by atoms with van der Waals surface area (Å²) >= 11 is 1.72. The van der Waals surface area contributed by atoms with Crippen molar-refractivity contribution in [1.29, 1.82) is 0 Å². The number of rotatable bonds is 3. The fourth-order valence-corrected chi connectivity index (χ4v) is 2.12. The van der Waals surface area contributed by atoms with Crippen LogP contribution < -0.4 is 16.4 Å². The first-order valence-corrected chi connectivity index (χ1v) is 7.50. The molecule has 2 rings (SSSR count). The van der Waals surface area contributed by atoms with Crippen LogP contribution in [0.5, 0.6) is 0 Å². The van der Waals surface area contributed by atoms with E-state index in [0.29, 0.717) is 5.96 Å². The van der Waals surface area contributed by atoms with E-state index in [0.717, 1.165) is 5.69 Å². The predicted octanol–water partition coefficient (Wildman–Crippen LogP) is 2.60. The lowest BCUT2D eigenvalue weighted by Gasteiger charge is -2.30. The lowest BCUT2D eigenvalue weighted by atomic mass is 9.97. The number of aliphatic imine (C=N–C) groups is 1. The predicted molar refractivity (Wildman–Crippen MR) is 83.3 cm³/mol. The fourth-order valence-electron chi connectivity index (χ4n) is 1.71. The van der Waals surface area contributed by atoms with Crippen molar-refractivity contribution in [3.63, 3.8) is 0 Å². The molecule has 1 unspecified atom stereocenters. The Morgan fingerprint density at radius 2 is 2.00 bits per heavy atom. The molecule has 1 aromatic carbocycles. The highest BCUT2D eigenvalue weighted by atomic mass is 32.2. The van der Waals surface area contributed by atoms with Gasteiger partial charge in [0.15, 0.2) is 0 Å². The average Bonchev–Trinajstić information content (AvgIpc) is 2.39. The highest BCUT2D eigenvalue weighted by Crippen LogP contribution is 2.21. The molecule has 0 aromatic heterocycles. The summed E-state index contributed by atoms with van der Waals surface area (Å²) in [7, 11) is 0. The Morgan fingerprint density at radius 3 is 2.58 bits per heavy atom. The normalized spacial score (nSPS) is 22.1. The molecule has 0 fully saturated rings. The fraction of sp³-hybridized carbons (Fsp3) is 0.357. The van der Waals surface area contributed by atoms with Gasteiger partial charge in [0.25, 0.3) is 0 Å². The first kappa shape index (κ1) is 14.0. The maximum atomic E-state index is 6.23. The molecule has 0 radical (unpaired) electrons. The van der Waals surface area contributed by atoms with Crippen molar-refractivity contribution in [3.8, 4) is 0 Å². The smallest absolute Gasteiger partial charge is 0.202 e. The molecule has 4 N–H and O–H groups in total. The van der Waals surface area contributed by atoms with E-state index in [1.807, 2.05) is 24.4 Å². The largest absolute Gasteiger partial charge is 0.333 e. The maximum Gasteiger partial charge on any atom is 0.202 e. The Labute approximate surface area is 118 Å². The quantitative estimate of drug-likeness (QED) is 0.743. The summed E-state index contributed by atoms with van der Waals surface area (Å²) in [6.07, 6.45) is 5.79. The van der Waals surface area contributed by atoms with E-state index in [2.05, 4.69) is 47.9 Å². The molecule has 0 bridgehead atoms. The zero-order chi connectivity index (χ0) is 13.9. The third kappa shape index (κ3) is 3.30. The number of thioether (sulfide) groups is 1. The van der Waals surface area contributed by atoms with Crippen molar-refractivity contribution in [2.45, 2.75) is 24.4 Å². The van der Waals surface area contributed by atoms with Crippen molar-refractivity contribution in [2.24, 2.45) is 16.6 Å². The van der Waals surface area contributed by atoms with Crippen molar-refractivity contribution < 1.29 is 0 Å². The van der Waals surface area contributed by atoms with Gasteiger partial charge in [0.1, 0.15) is 5.66 Å². The van der Waals surface area contributed by atoms with Gasteiger partial charge in [0.2, 0.25) is 5.96 Å². The van der Waals surface area contributed by atoms with E-state index in [1.54, 1.807) is 11.8 Å². The molecule has 5 heteroatoms. The molecule has 1 aliphatic heterocycles. The molecule has 1 aliphatic rings. The SMILES string of the molecule is CSc1ccc(NC2=NC(N)(C(C)C)C=CN2)cc1. The molecule has 19 heavy (non-hydrogen) atoms. The van der Waals surface area contributed by atoms with E-state index in [1.165, 1.54) is 4.90 Å². The van der Waals surface area contributed by atoms with E-state index >= 15 is 0 Å². The van der Waals surface area contributed by atoms with E-state index in [-0.39, 0.29) is 5.92 Å². The van der Waals surface area contributed by atoms with Gasteiger partial charge in [-0.1, -0.05) is 13.8 Å². The summed E-state index contributed by atoms with van der Waals surface area (Å²) < 4.78 is 0. The topological polar surface area (TPSA) is 62.4 Å². The third-order valence-corrected chi connectivity index (χ3v) is 3.90. The lowest BCUT2D eigenvalue weighted by molar-refractivity contribution is 0.396. The molecule has 1 heterocycles. The van der Waals surface area contributed by atoms with Crippen LogP contribution in [0.1, 0.15) is 13.8 Å². The maximum absolute atomic E-state index is 6.23. The summed E-state index contributed by atoms with van der Waals surface area (Å²) in [5.74, 6) is 0.914. The van der Waals surface area contributed by atoms with Gasteiger partial charge in [0, 0.05) is 16.8 Å². The molecule has 0 amide bonds. The van der Waals surface area contributed by atoms with Crippen molar-refractivity contribution >= 4 is 23.4 Å². The molecule has 102 valence electrons. The van der Waals surface area contributed by atoms with Crippen LogP contribution in [0.3, 0.4) is 0 Å². The standard InChI is InChI=1S/C14H20N4S/c1-10(2)14(15)8-9-16-13(18-14)17-11-4-6-12(19-3)7-5-11/h4-10H,15H2,1-3H3,(H2,16,17,18). The summed E-state index contributed by atoms with van der Waals surface area (Å²) in [4.78, 5) is 5.77. The minimum atomic E-state index is -0.646. The van der Waals surface area contributed by atoms with Crippen LogP contribution in [0.25, 0.3) is 0 Å². The Bertz CT molecular complexity index is 493. The van der Waals surface area contributed by atoms with Gasteiger partial charge in [-0.15, -0.1) is 11.8 Å². The number of nitrogens with zero attached hydrogens (tertiary/aromatic N) is 1. The first-order valence-electron chi connectivity index (χ1n) is 6.27. The second-order valence-corrected chi connectivity index (χ2v) is 5.71. The Balaban J connectivity index is 2.12. The van der Waals surface area contributed by atoms with E-state index < -0.39 is 5.66 Å². The number of guanidine groups is 1. The van der Waals surface area contributed by atoms with Gasteiger partial charge in [-0.05, 0) is 42.5 Å². The van der Waals surface area contributed by atoms with Crippen molar-refractivity contribution in [2.75, 3.05) is 11.6 Å². The summed E-state index contributed by atoms with van der Waals surface area (Å²) in [5.41, 5.74) is 6.58. The van der Waals surface area contributed by atoms with Gasteiger partial charge in [-0.3, -0.25) is 0 Å². The Kier molecular flexibility index (Phi) is 4.17. The number of anilines is 1. The minimum Gasteiger partial charge on any atom is -0.333 e. The van der Waals surface area contributed by atoms with Gasteiger partial charge in [-0.2, -0.15) is 0 Å². The van der Waals surface area contributed by atoms with Crippen LogP contribution in [0.2, 0.25) is 0 Å². The molecule has 0 saturated carbocycles. The number of hydrogen-bond acceptors (Lipinski definition) is 5. The minimum absolute atomic E-state index is 0.238. The molecular weight excluding hydrogens is 256 g/mol. The molecular formula is C14H20N4S. The average molecular weight is 276 g/mol. The lowest BCUT2D eigenvalue weighted by Crippen LogP contribution is -2.47. The van der Waals surface area contributed by atoms with Gasteiger partial charge in [0.05, 0.1) is 0 Å². The second kappa shape index (κ2) is 5.67. The van der Waals surface area contributed by atoms with Crippen LogP contribution in [0.15, 0.2) is 46.4 Å². The highest BCUT2D eigenvalue weighted by Gasteiger charge is 2.28. The van der Waals surface area contributed by atoms with Crippen LogP contribution in [0.4, 0.5) is 5.69 Å². The van der Waals surface area contributed by atoms with Crippen LogP contribution in [-0.4, -0.2) is 17.9 Å². The Hall–Kier alpha value is -1.46. The molecule has 0 saturated heterocycles. The van der Waals surface area contributed by atoms with Crippen LogP contribution in [0, 0.1) is 5.92 Å². The monoisotopic (exact) mass is 276 g/mol. The number of nitrogens with one attached hydrogen (secondary N) is 2. The number of hydrogen-bond donors (Lipinski definition) is 3. The molecule has 0 aliphatic carbocycles. The van der Waals surface area contributed by atoms with E-state index in [9.17, 15) is 0 Å².